The SMILES string of the molecule is [c]1cnn2ccnc2n1. The summed E-state index contributed by atoms with van der Waals surface area (Å²) in [6, 6.07) is 0. The van der Waals surface area contributed by atoms with E-state index < -0.39 is 0 Å². The monoisotopic (exact) mass is 119 g/mol. The third-order valence-corrected chi connectivity index (χ3v) is 1.01. The van der Waals surface area contributed by atoms with Crippen LogP contribution in [0.5, 0.6) is 0 Å². The van der Waals surface area contributed by atoms with E-state index in [1.165, 1.54) is 6.20 Å². The van der Waals surface area contributed by atoms with Crippen molar-refractivity contribution in [3.8, 4) is 0 Å². The van der Waals surface area contributed by atoms with Gasteiger partial charge in [0.25, 0.3) is 5.78 Å². The molecule has 2 aromatic rings. The van der Waals surface area contributed by atoms with E-state index in [1.54, 1.807) is 16.9 Å². The first-order valence-electron chi connectivity index (χ1n) is 2.49. The lowest BCUT2D eigenvalue weighted by Crippen LogP contribution is -1.90. The molecule has 0 amide bonds. The highest BCUT2D eigenvalue weighted by atomic mass is 15.3. The summed E-state index contributed by atoms with van der Waals surface area (Å²) >= 11 is 0. The molecule has 0 saturated carbocycles. The fourth-order valence-corrected chi connectivity index (χ4v) is 0.634. The van der Waals surface area contributed by atoms with E-state index >= 15 is 0 Å². The van der Waals surface area contributed by atoms with Crippen LogP contribution >= 0.6 is 0 Å². The van der Waals surface area contributed by atoms with Gasteiger partial charge in [-0.15, -0.1) is 0 Å². The van der Waals surface area contributed by atoms with E-state index in [0.29, 0.717) is 5.78 Å². The molecule has 1 radical (unpaired) electrons. The van der Waals surface area contributed by atoms with Crippen LogP contribution in [0.25, 0.3) is 5.78 Å². The van der Waals surface area contributed by atoms with Gasteiger partial charge in [-0.3, -0.25) is 0 Å². The molecule has 2 aromatic heterocycles. The number of hydrogen-bond acceptors (Lipinski definition) is 3. The molecule has 0 N–H and O–H groups in total. The van der Waals surface area contributed by atoms with Crippen LogP contribution in [0.3, 0.4) is 0 Å². The van der Waals surface area contributed by atoms with Gasteiger partial charge in [0.1, 0.15) is 6.20 Å². The summed E-state index contributed by atoms with van der Waals surface area (Å²) in [7, 11) is 0. The summed E-state index contributed by atoms with van der Waals surface area (Å²) < 4.78 is 1.58. The summed E-state index contributed by atoms with van der Waals surface area (Å²) in [5, 5.41) is 3.88. The molecule has 43 valence electrons. The molecule has 0 aliphatic rings. The summed E-state index contributed by atoms with van der Waals surface area (Å²) in [4.78, 5) is 7.68. The Hall–Kier alpha value is -1.45. The lowest BCUT2D eigenvalue weighted by molar-refractivity contribution is 0.899. The standard InChI is InChI=1S/C5H3N4/c1-2-8-9-4-3-7-5(9)6-1/h2-4H. The maximum absolute atomic E-state index is 3.88. The molecular weight excluding hydrogens is 116 g/mol. The molecule has 0 bridgehead atoms. The van der Waals surface area contributed by atoms with Crippen molar-refractivity contribution in [3.63, 3.8) is 0 Å². The lowest BCUT2D eigenvalue weighted by atomic mass is 10.9. The number of hydrogen-bond donors (Lipinski definition) is 0. The van der Waals surface area contributed by atoms with Gasteiger partial charge in [-0.2, -0.15) is 5.10 Å². The van der Waals surface area contributed by atoms with Crippen LogP contribution < -0.4 is 0 Å². The molecule has 0 aromatic carbocycles. The number of imidazole rings is 1. The fourth-order valence-electron chi connectivity index (χ4n) is 0.634. The highest BCUT2D eigenvalue weighted by Gasteiger charge is 1.89. The minimum Gasteiger partial charge on any atom is -0.218 e. The van der Waals surface area contributed by atoms with Crippen LogP contribution in [0.2, 0.25) is 0 Å². The molecule has 4 heteroatoms. The Labute approximate surface area is 51.2 Å². The van der Waals surface area contributed by atoms with Crippen LogP contribution in [-0.4, -0.2) is 19.6 Å². The van der Waals surface area contributed by atoms with Crippen molar-refractivity contribution in [2.45, 2.75) is 0 Å². The van der Waals surface area contributed by atoms with Gasteiger partial charge in [0.2, 0.25) is 0 Å². The highest BCUT2D eigenvalue weighted by molar-refractivity contribution is 5.22. The molecule has 0 spiro atoms. The Kier molecular flexibility index (Phi) is 0.745. The number of rotatable bonds is 0. The van der Waals surface area contributed by atoms with Gasteiger partial charge >= 0.3 is 0 Å². The normalized spacial score (nSPS) is 10.2. The number of aromatic nitrogens is 4. The van der Waals surface area contributed by atoms with E-state index in [1.807, 2.05) is 0 Å². The predicted octanol–water partition coefficient (Wildman–Crippen LogP) is -0.0755. The minimum atomic E-state index is 0.581. The van der Waals surface area contributed by atoms with Gasteiger partial charge in [0.05, 0.1) is 12.4 Å². The van der Waals surface area contributed by atoms with E-state index in [9.17, 15) is 0 Å². The van der Waals surface area contributed by atoms with Crippen LogP contribution in [0, 0.1) is 6.20 Å². The number of nitrogens with zero attached hydrogens (tertiary/aromatic N) is 4. The Morgan fingerprint density at radius 2 is 2.56 bits per heavy atom. The Morgan fingerprint density at radius 3 is 3.44 bits per heavy atom. The zero-order chi connectivity index (χ0) is 6.10. The summed E-state index contributed by atoms with van der Waals surface area (Å²) in [5.74, 6) is 0.581. The average molecular weight is 119 g/mol. The topological polar surface area (TPSA) is 43.1 Å². The van der Waals surface area contributed by atoms with Gasteiger partial charge in [-0.1, -0.05) is 0 Å². The molecule has 0 saturated heterocycles. The molecule has 0 unspecified atom stereocenters. The molecule has 0 aliphatic heterocycles. The second-order valence-electron chi connectivity index (χ2n) is 1.56. The second-order valence-corrected chi connectivity index (χ2v) is 1.56. The third-order valence-electron chi connectivity index (χ3n) is 1.01. The summed E-state index contributed by atoms with van der Waals surface area (Å²) in [5.41, 5.74) is 0. The van der Waals surface area contributed by atoms with Crippen LogP contribution in [0.15, 0.2) is 18.6 Å². The maximum Gasteiger partial charge on any atom is 0.251 e. The first-order valence-corrected chi connectivity index (χ1v) is 2.49. The van der Waals surface area contributed by atoms with Crippen molar-refractivity contribution in [3.05, 3.63) is 24.8 Å². The minimum absolute atomic E-state index is 0.581. The second kappa shape index (κ2) is 1.51. The quantitative estimate of drug-likeness (QED) is 0.487. The smallest absolute Gasteiger partial charge is 0.218 e. The van der Waals surface area contributed by atoms with Crippen molar-refractivity contribution in [2.24, 2.45) is 0 Å². The fraction of sp³-hybridized carbons (Fsp3) is 0. The Bertz CT molecular complexity index is 283. The van der Waals surface area contributed by atoms with Crippen molar-refractivity contribution in [1.82, 2.24) is 19.6 Å². The van der Waals surface area contributed by atoms with Crippen LogP contribution in [-0.2, 0) is 0 Å². The Balaban J connectivity index is 2.95. The Morgan fingerprint density at radius 1 is 1.56 bits per heavy atom. The maximum atomic E-state index is 3.88. The van der Waals surface area contributed by atoms with Crippen LogP contribution in [0.4, 0.5) is 0 Å². The first kappa shape index (κ1) is 4.43. The van der Waals surface area contributed by atoms with Crippen molar-refractivity contribution >= 4 is 5.78 Å². The summed E-state index contributed by atoms with van der Waals surface area (Å²) in [6.07, 6.45) is 7.45. The largest absolute Gasteiger partial charge is 0.251 e. The van der Waals surface area contributed by atoms with Crippen molar-refractivity contribution < 1.29 is 0 Å². The van der Waals surface area contributed by atoms with Gasteiger partial charge in [0.15, 0.2) is 0 Å². The molecule has 9 heavy (non-hydrogen) atoms. The molecule has 0 atom stereocenters. The molecule has 2 heterocycles. The van der Waals surface area contributed by atoms with Crippen LogP contribution in [0.1, 0.15) is 0 Å². The first-order chi connectivity index (χ1) is 4.47. The van der Waals surface area contributed by atoms with E-state index in [2.05, 4.69) is 21.3 Å². The lowest BCUT2D eigenvalue weighted by Gasteiger charge is -1.83. The molecule has 2 rings (SSSR count). The molecule has 0 fully saturated rings. The van der Waals surface area contributed by atoms with Crippen molar-refractivity contribution in [2.75, 3.05) is 0 Å². The van der Waals surface area contributed by atoms with E-state index in [-0.39, 0.29) is 0 Å². The van der Waals surface area contributed by atoms with E-state index in [0.717, 1.165) is 0 Å². The van der Waals surface area contributed by atoms with Gasteiger partial charge < -0.3 is 0 Å². The predicted molar refractivity (Wildman–Crippen MR) is 29.6 cm³/mol. The van der Waals surface area contributed by atoms with Gasteiger partial charge in [-0.25, -0.2) is 14.5 Å². The van der Waals surface area contributed by atoms with Gasteiger partial charge in [0, 0.05) is 6.20 Å². The van der Waals surface area contributed by atoms with Crippen molar-refractivity contribution in [1.29, 1.82) is 0 Å². The summed E-state index contributed by atoms with van der Waals surface area (Å²) in [6.45, 7) is 0. The van der Waals surface area contributed by atoms with E-state index in [4.69, 9.17) is 0 Å². The highest BCUT2D eigenvalue weighted by Crippen LogP contribution is 1.87. The average Bonchev–Trinajstić information content (AvgIpc) is 2.33. The number of fused-ring (bicyclic) bond motifs is 1. The molecule has 0 aliphatic carbocycles. The third kappa shape index (κ3) is 0.561. The molecule has 4 nitrogen and oxygen atoms in total. The molecular formula is C5H3N4. The van der Waals surface area contributed by atoms with Gasteiger partial charge in [-0.05, 0) is 0 Å². The zero-order valence-corrected chi connectivity index (χ0v) is 4.52. The zero-order valence-electron chi connectivity index (χ0n) is 4.52.